The highest BCUT2D eigenvalue weighted by molar-refractivity contribution is 5.83. The third-order valence-corrected chi connectivity index (χ3v) is 3.03. The molecule has 0 atom stereocenters. The van der Waals surface area contributed by atoms with Gasteiger partial charge in [0.05, 0.1) is 5.48 Å². The molecule has 0 N–H and O–H groups in total. The quantitative estimate of drug-likeness (QED) is 0.575. The van der Waals surface area contributed by atoms with Gasteiger partial charge in [0, 0.05) is 0 Å². The molecule has 0 amide bonds. The maximum absolute atomic E-state index is 8.28. The van der Waals surface area contributed by atoms with Gasteiger partial charge in [0.2, 0.25) is 0 Å². The summed E-state index contributed by atoms with van der Waals surface area (Å²) in [6, 6.07) is 17.4. The van der Waals surface area contributed by atoms with Crippen LogP contribution in [0.4, 0.5) is 0 Å². The molecule has 0 unspecified atom stereocenters. The average Bonchev–Trinajstić information content (AvgIpc) is 2.60. The third-order valence-electron chi connectivity index (χ3n) is 3.03. The minimum absolute atomic E-state index is 0.00637. The first-order valence-electron chi connectivity index (χ1n) is 8.24. The Morgan fingerprint density at radius 2 is 1.16 bits per heavy atom. The zero-order chi connectivity index (χ0) is 16.6. The van der Waals surface area contributed by atoms with Gasteiger partial charge >= 0.3 is 0 Å². The molecule has 0 aromatic heterocycles. The van der Waals surface area contributed by atoms with E-state index in [1.54, 1.807) is 6.92 Å². The van der Waals surface area contributed by atoms with Crippen molar-refractivity contribution in [3.63, 3.8) is 0 Å². The van der Waals surface area contributed by atoms with Crippen molar-refractivity contribution in [2.75, 3.05) is 0 Å². The summed E-state index contributed by atoms with van der Waals surface area (Å²) >= 11 is 0. The van der Waals surface area contributed by atoms with Crippen LogP contribution in [0.3, 0.4) is 0 Å². The lowest BCUT2D eigenvalue weighted by Gasteiger charge is -2.10. The van der Waals surface area contributed by atoms with Crippen LogP contribution in [0.2, 0.25) is 0 Å². The minimum atomic E-state index is 0.00637. The molecule has 3 aromatic rings. The summed E-state index contributed by atoms with van der Waals surface area (Å²) in [5.74, 6) is 0. The Bertz CT molecular complexity index is 841. The number of rotatable bonds is 2. The van der Waals surface area contributed by atoms with Gasteiger partial charge in [-0.25, -0.2) is 0 Å². The smallest absolute Gasteiger partial charge is 0.0622 e. The molecule has 0 heteroatoms. The molecule has 0 radical (unpaired) electrons. The Morgan fingerprint density at radius 3 is 1.79 bits per heavy atom. The van der Waals surface area contributed by atoms with Gasteiger partial charge in [-0.15, -0.1) is 0 Å². The van der Waals surface area contributed by atoms with E-state index in [-0.39, 0.29) is 24.2 Å². The van der Waals surface area contributed by atoms with E-state index >= 15 is 0 Å². The largest absolute Gasteiger partial charge is 0.0629 e. The second-order valence-corrected chi connectivity index (χ2v) is 4.41. The van der Waals surface area contributed by atoms with E-state index in [1.807, 2.05) is 54.6 Å². The van der Waals surface area contributed by atoms with Crippen LogP contribution in [-0.2, 0) is 0 Å². The summed E-state index contributed by atoms with van der Waals surface area (Å²) in [6.45, 7) is 1.62. The van der Waals surface area contributed by atoms with Crippen LogP contribution in [0.1, 0.15) is 11.0 Å². The Labute approximate surface area is 120 Å². The summed E-state index contributed by atoms with van der Waals surface area (Å²) < 4.78 is 32.7. The van der Waals surface area contributed by atoms with E-state index in [0.717, 1.165) is 16.7 Å². The first-order valence-corrected chi connectivity index (χ1v) is 6.24. The van der Waals surface area contributed by atoms with Crippen LogP contribution >= 0.6 is 0 Å². The highest BCUT2D eigenvalue weighted by Gasteiger charge is 2.05. The monoisotopic (exact) mass is 248 g/mol. The Balaban J connectivity index is 2.34. The standard InChI is InChI=1S/C19H16/c1-15-11-13-17(14-12-15)19-10-6-5-9-18(19)16-7-3-2-4-8-16/h2-14H,1H3/i11D,12D,13D,14D. The zero-order valence-corrected chi connectivity index (χ0v) is 10.7. The molecule has 3 rings (SSSR count). The summed E-state index contributed by atoms with van der Waals surface area (Å²) in [5.41, 5.74) is 3.33. The molecule has 0 bridgehead atoms. The molecule has 0 aliphatic rings. The molecule has 0 saturated carbocycles. The van der Waals surface area contributed by atoms with Crippen molar-refractivity contribution in [3.05, 3.63) is 84.3 Å². The van der Waals surface area contributed by atoms with Crippen LogP contribution < -0.4 is 0 Å². The fraction of sp³-hybridized carbons (Fsp3) is 0.0526. The highest BCUT2D eigenvalue weighted by Crippen LogP contribution is 2.31. The van der Waals surface area contributed by atoms with Crippen LogP contribution in [-0.4, -0.2) is 0 Å². The molecule has 0 spiro atoms. The van der Waals surface area contributed by atoms with E-state index in [9.17, 15) is 0 Å². The van der Waals surface area contributed by atoms with Gasteiger partial charge in [-0.2, -0.15) is 0 Å². The molecule has 0 aliphatic heterocycles. The number of hydrogen-bond acceptors (Lipinski definition) is 0. The van der Waals surface area contributed by atoms with E-state index in [1.165, 1.54) is 0 Å². The molecule has 3 aromatic carbocycles. The van der Waals surface area contributed by atoms with Crippen molar-refractivity contribution in [3.8, 4) is 22.3 Å². The zero-order valence-electron chi connectivity index (χ0n) is 14.7. The molecule has 0 aliphatic carbocycles. The van der Waals surface area contributed by atoms with Crippen molar-refractivity contribution in [1.82, 2.24) is 0 Å². The van der Waals surface area contributed by atoms with Crippen molar-refractivity contribution in [2.24, 2.45) is 0 Å². The third kappa shape index (κ3) is 2.43. The normalized spacial score (nSPS) is 13.3. The summed E-state index contributed by atoms with van der Waals surface area (Å²) in [4.78, 5) is 0. The van der Waals surface area contributed by atoms with E-state index in [4.69, 9.17) is 5.48 Å². The van der Waals surface area contributed by atoms with Gasteiger partial charge in [0.15, 0.2) is 0 Å². The predicted molar refractivity (Wildman–Crippen MR) is 82.1 cm³/mol. The van der Waals surface area contributed by atoms with Crippen molar-refractivity contribution < 1.29 is 5.48 Å². The van der Waals surface area contributed by atoms with E-state index in [0.29, 0.717) is 11.1 Å². The number of benzene rings is 3. The van der Waals surface area contributed by atoms with E-state index in [2.05, 4.69) is 0 Å². The fourth-order valence-electron chi connectivity index (χ4n) is 2.08. The molecule has 0 fully saturated rings. The Hall–Kier alpha value is -2.34. The summed E-state index contributed by atoms with van der Waals surface area (Å²) in [6.07, 6.45) is 0. The lowest BCUT2D eigenvalue weighted by atomic mass is 9.94. The maximum Gasteiger partial charge on any atom is 0.0629 e. The Morgan fingerprint density at radius 1 is 0.632 bits per heavy atom. The fourth-order valence-corrected chi connectivity index (χ4v) is 2.08. The van der Waals surface area contributed by atoms with Crippen LogP contribution in [0.25, 0.3) is 22.3 Å². The molecule has 92 valence electrons. The molecular formula is C19H16. The van der Waals surface area contributed by atoms with Crippen LogP contribution in [0, 0.1) is 6.92 Å². The molecular weight excluding hydrogens is 228 g/mol. The number of hydrogen-bond donors (Lipinski definition) is 0. The molecule has 19 heavy (non-hydrogen) atoms. The van der Waals surface area contributed by atoms with Crippen molar-refractivity contribution >= 4 is 0 Å². The van der Waals surface area contributed by atoms with E-state index < -0.39 is 0 Å². The Kier molecular flexibility index (Phi) is 2.14. The van der Waals surface area contributed by atoms with Crippen LogP contribution in [0.5, 0.6) is 0 Å². The molecule has 0 saturated heterocycles. The lowest BCUT2D eigenvalue weighted by Crippen LogP contribution is -1.84. The predicted octanol–water partition coefficient (Wildman–Crippen LogP) is 5.33. The SMILES string of the molecule is [2H]c1c([2H])c(-c2ccccc2-c2ccccc2)c([2H])c([2H])c1C. The summed E-state index contributed by atoms with van der Waals surface area (Å²) in [5, 5.41) is 0. The van der Waals surface area contributed by atoms with Gasteiger partial charge in [0.1, 0.15) is 0 Å². The lowest BCUT2D eigenvalue weighted by molar-refractivity contribution is 1.47. The maximum atomic E-state index is 8.28. The molecule has 0 nitrogen and oxygen atoms in total. The van der Waals surface area contributed by atoms with Crippen LogP contribution in [0.15, 0.2) is 78.8 Å². The average molecular weight is 248 g/mol. The van der Waals surface area contributed by atoms with Gasteiger partial charge in [-0.3, -0.25) is 0 Å². The van der Waals surface area contributed by atoms with Crippen molar-refractivity contribution in [2.45, 2.75) is 6.92 Å². The first kappa shape index (κ1) is 7.96. The van der Waals surface area contributed by atoms with Crippen molar-refractivity contribution in [1.29, 1.82) is 0 Å². The second kappa shape index (κ2) is 5.11. The second-order valence-electron chi connectivity index (χ2n) is 4.41. The van der Waals surface area contributed by atoms with Gasteiger partial charge < -0.3 is 0 Å². The highest BCUT2D eigenvalue weighted by atomic mass is 14.1. The molecule has 0 heterocycles. The first-order chi connectivity index (χ1) is 11.0. The summed E-state index contributed by atoms with van der Waals surface area (Å²) in [7, 11) is 0. The van der Waals surface area contributed by atoms with Gasteiger partial charge in [0.25, 0.3) is 0 Å². The van der Waals surface area contributed by atoms with Gasteiger partial charge in [-0.1, -0.05) is 84.3 Å². The topological polar surface area (TPSA) is 0 Å². The van der Waals surface area contributed by atoms with Gasteiger partial charge in [-0.05, 0) is 29.2 Å². The minimum Gasteiger partial charge on any atom is -0.0622 e.